The highest BCUT2D eigenvalue weighted by atomic mass is 32.1. The molecule has 3 rings (SSSR count). The molecule has 26 heavy (non-hydrogen) atoms. The van der Waals surface area contributed by atoms with E-state index >= 15 is 0 Å². The van der Waals surface area contributed by atoms with E-state index in [2.05, 4.69) is 10.3 Å². The van der Waals surface area contributed by atoms with Crippen molar-refractivity contribution >= 4 is 28.3 Å². The van der Waals surface area contributed by atoms with Gasteiger partial charge in [0.1, 0.15) is 5.75 Å². The number of amides is 2. The lowest BCUT2D eigenvalue weighted by molar-refractivity contribution is -0.132. The predicted octanol–water partition coefficient (Wildman–Crippen LogP) is 3.33. The highest BCUT2D eigenvalue weighted by molar-refractivity contribution is 7.15. The van der Waals surface area contributed by atoms with E-state index in [1.165, 1.54) is 11.3 Å². The first-order valence-electron chi connectivity index (χ1n) is 8.68. The summed E-state index contributed by atoms with van der Waals surface area (Å²) in [7, 11) is 1.59. The van der Waals surface area contributed by atoms with Crippen LogP contribution in [0.25, 0.3) is 0 Å². The largest absolute Gasteiger partial charge is 0.497 e. The number of anilines is 1. The molecule has 1 aliphatic rings. The monoisotopic (exact) mass is 373 g/mol. The molecule has 138 valence electrons. The molecule has 0 saturated heterocycles. The first-order chi connectivity index (χ1) is 12.5. The number of aromatic nitrogens is 1. The van der Waals surface area contributed by atoms with Crippen molar-refractivity contribution in [2.75, 3.05) is 19.0 Å². The van der Waals surface area contributed by atoms with Crippen molar-refractivity contribution in [3.8, 4) is 5.75 Å². The second-order valence-corrected chi connectivity index (χ2v) is 7.82. The van der Waals surface area contributed by atoms with Gasteiger partial charge >= 0.3 is 0 Å². The smallest absolute Gasteiger partial charge is 0.257 e. The molecule has 2 amide bonds. The Kier molecular flexibility index (Phi) is 5.56. The Bertz CT molecular complexity index is 799. The van der Waals surface area contributed by atoms with Crippen LogP contribution in [0.15, 0.2) is 24.3 Å². The van der Waals surface area contributed by atoms with Gasteiger partial charge in [-0.2, -0.15) is 0 Å². The minimum Gasteiger partial charge on any atom is -0.497 e. The molecule has 0 atom stereocenters. The van der Waals surface area contributed by atoms with E-state index in [0.717, 1.165) is 17.0 Å². The molecule has 1 N–H and O–H groups in total. The van der Waals surface area contributed by atoms with Crippen molar-refractivity contribution in [1.29, 1.82) is 0 Å². The number of benzene rings is 1. The summed E-state index contributed by atoms with van der Waals surface area (Å²) in [6.45, 7) is 5.37. The van der Waals surface area contributed by atoms with E-state index in [0.29, 0.717) is 41.9 Å². The van der Waals surface area contributed by atoms with Crippen molar-refractivity contribution in [3.63, 3.8) is 0 Å². The maximum atomic E-state index is 12.4. The van der Waals surface area contributed by atoms with E-state index in [1.54, 1.807) is 31.4 Å². The van der Waals surface area contributed by atoms with Crippen LogP contribution < -0.4 is 10.1 Å². The SMILES string of the molecule is COc1ccc(C(=O)Nc2nc3c(s2)CN(C(=O)CC(C)C)CC3)cc1. The Morgan fingerprint density at radius 1 is 1.31 bits per heavy atom. The lowest BCUT2D eigenvalue weighted by Crippen LogP contribution is -2.36. The molecule has 7 heteroatoms. The van der Waals surface area contributed by atoms with Gasteiger partial charge in [0.05, 0.1) is 19.3 Å². The Hall–Kier alpha value is -2.41. The number of nitrogens with one attached hydrogen (secondary N) is 1. The summed E-state index contributed by atoms with van der Waals surface area (Å²) in [6.07, 6.45) is 1.29. The van der Waals surface area contributed by atoms with E-state index in [9.17, 15) is 9.59 Å². The number of nitrogens with zero attached hydrogens (tertiary/aromatic N) is 2. The summed E-state index contributed by atoms with van der Waals surface area (Å²) >= 11 is 1.44. The van der Waals surface area contributed by atoms with E-state index in [-0.39, 0.29) is 11.8 Å². The third kappa shape index (κ3) is 4.22. The van der Waals surface area contributed by atoms with Gasteiger partial charge < -0.3 is 9.64 Å². The molecule has 1 aliphatic heterocycles. The first-order valence-corrected chi connectivity index (χ1v) is 9.49. The van der Waals surface area contributed by atoms with Crippen LogP contribution in [0.5, 0.6) is 5.75 Å². The van der Waals surface area contributed by atoms with Gasteiger partial charge in [0, 0.05) is 29.8 Å². The van der Waals surface area contributed by atoms with Crippen molar-refractivity contribution in [1.82, 2.24) is 9.88 Å². The average molecular weight is 373 g/mol. The quantitative estimate of drug-likeness (QED) is 0.873. The van der Waals surface area contributed by atoms with Gasteiger partial charge in [-0.1, -0.05) is 25.2 Å². The number of methoxy groups -OCH3 is 1. The third-order valence-electron chi connectivity index (χ3n) is 4.24. The zero-order chi connectivity index (χ0) is 18.7. The van der Waals surface area contributed by atoms with Gasteiger partial charge in [-0.05, 0) is 30.2 Å². The normalized spacial score (nSPS) is 13.5. The topological polar surface area (TPSA) is 71.5 Å². The first kappa shape index (κ1) is 18.4. The molecule has 0 bridgehead atoms. The van der Waals surface area contributed by atoms with Crippen LogP contribution in [0.4, 0.5) is 5.13 Å². The van der Waals surface area contributed by atoms with E-state index < -0.39 is 0 Å². The molecule has 0 unspecified atom stereocenters. The lowest BCUT2D eigenvalue weighted by atomic mass is 10.1. The summed E-state index contributed by atoms with van der Waals surface area (Å²) < 4.78 is 5.10. The van der Waals surface area contributed by atoms with Gasteiger partial charge in [0.2, 0.25) is 5.91 Å². The summed E-state index contributed by atoms with van der Waals surface area (Å²) in [5.74, 6) is 1.04. The van der Waals surface area contributed by atoms with Crippen molar-refractivity contribution in [3.05, 3.63) is 40.4 Å². The number of hydrogen-bond acceptors (Lipinski definition) is 5. The Morgan fingerprint density at radius 3 is 2.69 bits per heavy atom. The van der Waals surface area contributed by atoms with Crippen molar-refractivity contribution < 1.29 is 14.3 Å². The minimum atomic E-state index is -0.202. The van der Waals surface area contributed by atoms with Gasteiger partial charge in [-0.15, -0.1) is 0 Å². The number of carbonyl (C=O) groups excluding carboxylic acids is 2. The fraction of sp³-hybridized carbons (Fsp3) is 0.421. The van der Waals surface area contributed by atoms with Gasteiger partial charge in [-0.25, -0.2) is 4.98 Å². The summed E-state index contributed by atoms with van der Waals surface area (Å²) in [5, 5.41) is 3.43. The molecule has 0 fully saturated rings. The lowest BCUT2D eigenvalue weighted by Gasteiger charge is -2.26. The Labute approximate surface area is 157 Å². The molecule has 0 radical (unpaired) electrons. The van der Waals surface area contributed by atoms with Gasteiger partial charge in [-0.3, -0.25) is 14.9 Å². The standard InChI is InChI=1S/C19H23N3O3S/c1-12(2)10-17(23)22-9-8-15-16(11-22)26-19(20-15)21-18(24)13-4-6-14(25-3)7-5-13/h4-7,12H,8-11H2,1-3H3,(H,20,21,24). The summed E-state index contributed by atoms with van der Waals surface area (Å²) in [5.41, 5.74) is 1.53. The second-order valence-electron chi connectivity index (χ2n) is 6.73. The summed E-state index contributed by atoms with van der Waals surface area (Å²) in [4.78, 5) is 32.1. The third-order valence-corrected chi connectivity index (χ3v) is 5.24. The number of hydrogen-bond donors (Lipinski definition) is 1. The van der Waals surface area contributed by atoms with Gasteiger partial charge in [0.15, 0.2) is 5.13 Å². The van der Waals surface area contributed by atoms with Crippen molar-refractivity contribution in [2.45, 2.75) is 33.2 Å². The zero-order valence-corrected chi connectivity index (χ0v) is 16.1. The fourth-order valence-corrected chi connectivity index (χ4v) is 3.87. The molecule has 2 aromatic rings. The zero-order valence-electron chi connectivity index (χ0n) is 15.2. The molecule has 6 nitrogen and oxygen atoms in total. The predicted molar refractivity (Wildman–Crippen MR) is 102 cm³/mol. The number of fused-ring (bicyclic) bond motifs is 1. The van der Waals surface area contributed by atoms with E-state index in [4.69, 9.17) is 4.74 Å². The maximum Gasteiger partial charge on any atom is 0.257 e. The Balaban J connectivity index is 1.66. The Morgan fingerprint density at radius 2 is 2.04 bits per heavy atom. The molecule has 1 aromatic heterocycles. The maximum absolute atomic E-state index is 12.4. The van der Waals surface area contributed by atoms with Crippen LogP contribution in [-0.4, -0.2) is 35.4 Å². The molecular weight excluding hydrogens is 350 g/mol. The average Bonchev–Trinajstić information content (AvgIpc) is 3.02. The van der Waals surface area contributed by atoms with Crippen LogP contribution in [-0.2, 0) is 17.8 Å². The molecule has 2 heterocycles. The van der Waals surface area contributed by atoms with Crippen molar-refractivity contribution in [2.24, 2.45) is 5.92 Å². The number of thiazole rings is 1. The van der Waals surface area contributed by atoms with Crippen LogP contribution >= 0.6 is 11.3 Å². The molecular formula is C19H23N3O3S. The molecule has 0 aliphatic carbocycles. The second kappa shape index (κ2) is 7.86. The van der Waals surface area contributed by atoms with Crippen LogP contribution in [0.2, 0.25) is 0 Å². The number of rotatable bonds is 5. The molecule has 0 spiro atoms. The number of ether oxygens (including phenoxy) is 1. The van der Waals surface area contributed by atoms with Crippen LogP contribution in [0, 0.1) is 5.92 Å². The van der Waals surface area contributed by atoms with Gasteiger partial charge in [0.25, 0.3) is 5.91 Å². The van der Waals surface area contributed by atoms with Crippen LogP contribution in [0.1, 0.15) is 41.2 Å². The molecule has 1 aromatic carbocycles. The molecule has 0 saturated carbocycles. The fourth-order valence-electron chi connectivity index (χ4n) is 2.85. The van der Waals surface area contributed by atoms with E-state index in [1.807, 2.05) is 18.7 Å². The number of carbonyl (C=O) groups is 2. The van der Waals surface area contributed by atoms with Crippen LogP contribution in [0.3, 0.4) is 0 Å². The minimum absolute atomic E-state index is 0.183. The summed E-state index contributed by atoms with van der Waals surface area (Å²) in [6, 6.07) is 6.93. The highest BCUT2D eigenvalue weighted by Gasteiger charge is 2.25. The highest BCUT2D eigenvalue weighted by Crippen LogP contribution is 2.29.